The van der Waals surface area contributed by atoms with Gasteiger partial charge >= 0.3 is 6.18 Å². The van der Waals surface area contributed by atoms with Crippen LogP contribution in [-0.2, 0) is 16.0 Å². The van der Waals surface area contributed by atoms with Crippen molar-refractivity contribution in [2.24, 2.45) is 0 Å². The summed E-state index contributed by atoms with van der Waals surface area (Å²) >= 11 is 0. The Kier molecular flexibility index (Phi) is 3.87. The first-order valence-corrected chi connectivity index (χ1v) is 7.58. The van der Waals surface area contributed by atoms with E-state index in [1.165, 1.54) is 6.07 Å². The Morgan fingerprint density at radius 2 is 1.95 bits per heavy atom. The minimum absolute atomic E-state index is 0.190. The molecule has 1 aliphatic rings. The van der Waals surface area contributed by atoms with Gasteiger partial charge < -0.3 is 5.32 Å². The zero-order chi connectivity index (χ0) is 14.1. The van der Waals surface area contributed by atoms with Crippen LogP contribution in [0.2, 0.25) is 0 Å². The topological polar surface area (TPSA) is 46.2 Å². The number of sulfone groups is 1. The van der Waals surface area contributed by atoms with Crippen molar-refractivity contribution in [2.75, 3.05) is 12.3 Å². The fraction of sp³-hybridized carbons (Fsp3) is 0.500. The Bertz CT molecular complexity index is 550. The van der Waals surface area contributed by atoms with Crippen LogP contribution in [0.4, 0.5) is 13.2 Å². The second-order valence-electron chi connectivity index (χ2n) is 4.57. The summed E-state index contributed by atoms with van der Waals surface area (Å²) in [4.78, 5) is -0.278. The van der Waals surface area contributed by atoms with E-state index in [1.807, 2.05) is 0 Å². The average Bonchev–Trinajstić information content (AvgIpc) is 3.12. The summed E-state index contributed by atoms with van der Waals surface area (Å²) in [6.45, 7) is 0.267. The number of halogens is 3. The van der Waals surface area contributed by atoms with Crippen molar-refractivity contribution in [1.82, 2.24) is 5.32 Å². The zero-order valence-corrected chi connectivity index (χ0v) is 10.9. The molecule has 1 aromatic rings. The van der Waals surface area contributed by atoms with Gasteiger partial charge in [-0.15, -0.1) is 0 Å². The van der Waals surface area contributed by atoms with E-state index in [0.717, 1.165) is 25.0 Å². The summed E-state index contributed by atoms with van der Waals surface area (Å²) in [5.41, 5.74) is -0.941. The lowest BCUT2D eigenvalue weighted by atomic mass is 10.2. The Labute approximate surface area is 109 Å². The van der Waals surface area contributed by atoms with Crippen LogP contribution in [0, 0.1) is 0 Å². The molecule has 1 aliphatic carbocycles. The Hall–Kier alpha value is -1.08. The highest BCUT2D eigenvalue weighted by Crippen LogP contribution is 2.30. The van der Waals surface area contributed by atoms with Gasteiger partial charge in [-0.25, -0.2) is 8.42 Å². The highest BCUT2D eigenvalue weighted by molar-refractivity contribution is 7.91. The predicted octanol–water partition coefficient (Wildman–Crippen LogP) is 2.23. The maximum absolute atomic E-state index is 12.5. The molecule has 0 atom stereocenters. The molecule has 1 fully saturated rings. The molecule has 0 amide bonds. The summed E-state index contributed by atoms with van der Waals surface area (Å²) in [5.74, 6) is -0.190. The van der Waals surface area contributed by atoms with Crippen LogP contribution in [0.15, 0.2) is 29.2 Å². The third kappa shape index (κ3) is 3.94. The molecule has 3 nitrogen and oxygen atoms in total. The summed E-state index contributed by atoms with van der Waals surface area (Å²) in [6.07, 6.45) is -2.47. The standard InChI is InChI=1S/C12H14F3NO2S/c13-12(14,15)9-2-1-3-11(8-9)19(17,18)7-6-16-10-4-5-10/h1-3,8,10,16H,4-7H2. The maximum atomic E-state index is 12.5. The van der Waals surface area contributed by atoms with Crippen LogP contribution in [0.5, 0.6) is 0 Å². The summed E-state index contributed by atoms with van der Waals surface area (Å²) in [5, 5.41) is 3.03. The first kappa shape index (κ1) is 14.3. The Balaban J connectivity index is 2.10. The first-order chi connectivity index (χ1) is 8.79. The fourth-order valence-corrected chi connectivity index (χ4v) is 2.88. The maximum Gasteiger partial charge on any atom is 0.416 e. The lowest BCUT2D eigenvalue weighted by Crippen LogP contribution is -2.24. The molecule has 0 unspecified atom stereocenters. The molecule has 0 radical (unpaired) electrons. The lowest BCUT2D eigenvalue weighted by molar-refractivity contribution is -0.137. The number of nitrogens with one attached hydrogen (secondary N) is 1. The fourth-order valence-electron chi connectivity index (χ4n) is 1.67. The van der Waals surface area contributed by atoms with Crippen LogP contribution in [0.3, 0.4) is 0 Å². The predicted molar refractivity (Wildman–Crippen MR) is 64.5 cm³/mol. The van der Waals surface area contributed by atoms with Crippen molar-refractivity contribution in [2.45, 2.75) is 30.0 Å². The summed E-state index contributed by atoms with van der Waals surface area (Å²) in [6, 6.07) is 4.23. The van der Waals surface area contributed by atoms with Crippen LogP contribution >= 0.6 is 0 Å². The minimum atomic E-state index is -4.53. The molecular weight excluding hydrogens is 279 g/mol. The van der Waals surface area contributed by atoms with Crippen LogP contribution in [0.1, 0.15) is 18.4 Å². The van der Waals surface area contributed by atoms with E-state index in [2.05, 4.69) is 5.32 Å². The van der Waals surface area contributed by atoms with Gasteiger partial charge in [0.15, 0.2) is 9.84 Å². The van der Waals surface area contributed by atoms with Gasteiger partial charge in [0.1, 0.15) is 0 Å². The highest BCUT2D eigenvalue weighted by atomic mass is 32.2. The van der Waals surface area contributed by atoms with Crippen molar-refractivity contribution in [3.8, 4) is 0 Å². The molecule has 106 valence electrons. The average molecular weight is 293 g/mol. The van der Waals surface area contributed by atoms with E-state index in [0.29, 0.717) is 12.1 Å². The third-order valence-electron chi connectivity index (χ3n) is 2.90. The van der Waals surface area contributed by atoms with Crippen molar-refractivity contribution in [1.29, 1.82) is 0 Å². The van der Waals surface area contributed by atoms with E-state index < -0.39 is 21.6 Å². The van der Waals surface area contributed by atoms with Gasteiger partial charge in [-0.05, 0) is 31.0 Å². The van der Waals surface area contributed by atoms with Crippen LogP contribution < -0.4 is 5.32 Å². The molecule has 0 bridgehead atoms. The van der Waals surface area contributed by atoms with E-state index in [1.54, 1.807) is 0 Å². The van der Waals surface area contributed by atoms with E-state index in [9.17, 15) is 21.6 Å². The number of alkyl halides is 3. The minimum Gasteiger partial charge on any atom is -0.313 e. The van der Waals surface area contributed by atoms with Crippen LogP contribution in [-0.4, -0.2) is 26.8 Å². The summed E-state index contributed by atoms with van der Waals surface area (Å²) < 4.78 is 61.4. The van der Waals surface area contributed by atoms with Gasteiger partial charge in [-0.1, -0.05) is 6.07 Å². The van der Waals surface area contributed by atoms with Crippen molar-refractivity contribution < 1.29 is 21.6 Å². The van der Waals surface area contributed by atoms with E-state index >= 15 is 0 Å². The zero-order valence-electron chi connectivity index (χ0n) is 10.1. The van der Waals surface area contributed by atoms with E-state index in [-0.39, 0.29) is 17.2 Å². The van der Waals surface area contributed by atoms with Gasteiger partial charge in [0.25, 0.3) is 0 Å². The highest BCUT2D eigenvalue weighted by Gasteiger charge is 2.31. The Morgan fingerprint density at radius 1 is 1.26 bits per heavy atom. The second kappa shape index (κ2) is 5.13. The molecule has 1 N–H and O–H groups in total. The number of rotatable bonds is 5. The van der Waals surface area contributed by atoms with Gasteiger partial charge in [-0.2, -0.15) is 13.2 Å². The molecule has 19 heavy (non-hydrogen) atoms. The van der Waals surface area contributed by atoms with Crippen molar-refractivity contribution in [3.63, 3.8) is 0 Å². The Morgan fingerprint density at radius 3 is 2.53 bits per heavy atom. The summed E-state index contributed by atoms with van der Waals surface area (Å²) in [7, 11) is -3.67. The lowest BCUT2D eigenvalue weighted by Gasteiger charge is -2.09. The smallest absolute Gasteiger partial charge is 0.313 e. The van der Waals surface area contributed by atoms with E-state index in [4.69, 9.17) is 0 Å². The number of benzene rings is 1. The normalized spacial score (nSPS) is 16.6. The van der Waals surface area contributed by atoms with Gasteiger partial charge in [0.2, 0.25) is 0 Å². The SMILES string of the molecule is O=S(=O)(CCNC1CC1)c1cccc(C(F)(F)F)c1. The molecule has 0 aliphatic heterocycles. The molecule has 1 saturated carbocycles. The van der Waals surface area contributed by atoms with Crippen molar-refractivity contribution in [3.05, 3.63) is 29.8 Å². The third-order valence-corrected chi connectivity index (χ3v) is 4.62. The van der Waals surface area contributed by atoms with Gasteiger partial charge in [0.05, 0.1) is 16.2 Å². The number of hydrogen-bond donors (Lipinski definition) is 1. The first-order valence-electron chi connectivity index (χ1n) is 5.92. The molecule has 0 heterocycles. The van der Waals surface area contributed by atoms with Gasteiger partial charge in [0, 0.05) is 12.6 Å². The molecule has 2 rings (SSSR count). The second-order valence-corrected chi connectivity index (χ2v) is 6.68. The molecule has 1 aromatic carbocycles. The van der Waals surface area contributed by atoms with Crippen molar-refractivity contribution >= 4 is 9.84 Å². The van der Waals surface area contributed by atoms with Gasteiger partial charge in [-0.3, -0.25) is 0 Å². The molecule has 7 heteroatoms. The molecule has 0 aromatic heterocycles. The van der Waals surface area contributed by atoms with Crippen LogP contribution in [0.25, 0.3) is 0 Å². The number of hydrogen-bond acceptors (Lipinski definition) is 3. The quantitative estimate of drug-likeness (QED) is 0.905. The molecule has 0 saturated heterocycles. The molecule has 0 spiro atoms. The molecular formula is C12H14F3NO2S. The largest absolute Gasteiger partial charge is 0.416 e. The monoisotopic (exact) mass is 293 g/mol.